The lowest BCUT2D eigenvalue weighted by Crippen LogP contribution is -2.69. The molecular weight excluding hydrogens is 314 g/mol. The lowest BCUT2D eigenvalue weighted by molar-refractivity contribution is 0.239. The number of nitrogens with zero attached hydrogens (tertiary/aromatic N) is 1. The maximum absolute atomic E-state index is 10.8. The molecule has 1 aromatic rings. The van der Waals surface area contributed by atoms with Gasteiger partial charge in [-0.05, 0) is 44.6 Å². The van der Waals surface area contributed by atoms with Gasteiger partial charge in [-0.2, -0.15) is 0 Å². The van der Waals surface area contributed by atoms with Crippen LogP contribution < -0.4 is 4.23 Å². The molecule has 0 aromatic heterocycles. The molecule has 0 radical (unpaired) electrons. The van der Waals surface area contributed by atoms with E-state index in [1.54, 1.807) is 0 Å². The second kappa shape index (κ2) is 5.98. The van der Waals surface area contributed by atoms with E-state index in [-0.39, 0.29) is 0 Å². The zero-order chi connectivity index (χ0) is 16.6. The predicted molar refractivity (Wildman–Crippen MR) is 96.4 cm³/mol. The van der Waals surface area contributed by atoms with Gasteiger partial charge in [0.05, 0.1) is 0 Å². The highest BCUT2D eigenvalue weighted by atomic mass is 28.5. The Morgan fingerprint density at radius 2 is 1.33 bits per heavy atom. The molecule has 4 nitrogen and oxygen atoms in total. The Morgan fingerprint density at radius 3 is 1.67 bits per heavy atom. The highest BCUT2D eigenvalue weighted by Gasteiger charge is 2.51. The Hall–Kier alpha value is -0.449. The van der Waals surface area contributed by atoms with Crippen molar-refractivity contribution >= 4 is 31.2 Å². The van der Waals surface area contributed by atoms with E-state index in [2.05, 4.69) is 19.6 Å². The quantitative estimate of drug-likeness (QED) is 0.806. The van der Waals surface area contributed by atoms with E-state index in [1.807, 2.05) is 55.9 Å². The number of benzene rings is 1. The summed E-state index contributed by atoms with van der Waals surface area (Å²) in [6.45, 7) is 16.3. The fraction of sp³-hybridized carbons (Fsp3) is 0.571. The van der Waals surface area contributed by atoms with Gasteiger partial charge >= 0.3 is 8.97 Å². The zero-order valence-electron chi connectivity index (χ0n) is 14.5. The van der Waals surface area contributed by atoms with Gasteiger partial charge in [-0.25, -0.2) is 0 Å². The summed E-state index contributed by atoms with van der Waals surface area (Å²) in [6, 6.07) is 6.01. The third-order valence-electron chi connectivity index (χ3n) is 3.07. The molecule has 0 amide bonds. The van der Waals surface area contributed by atoms with E-state index in [9.17, 15) is 9.59 Å². The third-order valence-corrected chi connectivity index (χ3v) is 11.9. The van der Waals surface area contributed by atoms with Crippen molar-refractivity contribution in [2.45, 2.75) is 53.1 Å². The van der Waals surface area contributed by atoms with E-state index in [1.165, 1.54) is 0 Å². The molecule has 0 aliphatic heterocycles. The number of aryl methyl sites for hydroxylation is 2. The van der Waals surface area contributed by atoms with Crippen LogP contribution in [0.3, 0.4) is 0 Å². The second-order valence-electron chi connectivity index (χ2n) is 7.53. The standard InChI is InChI=1S/C14H29NO3Si3/c1-12-10-9-11-13(2)14(12)15(19(3,4)5)21(16,17)18-20(6,7)8/h9-11,16-17H,1-8H3. The molecule has 2 N–H and O–H groups in total. The van der Waals surface area contributed by atoms with Gasteiger partial charge in [0.15, 0.2) is 8.32 Å². The Morgan fingerprint density at radius 1 is 0.905 bits per heavy atom. The smallest absolute Gasteiger partial charge is 0.400 e. The summed E-state index contributed by atoms with van der Waals surface area (Å²) >= 11 is 0. The largest absolute Gasteiger partial charge is 0.609 e. The van der Waals surface area contributed by atoms with E-state index < -0.39 is 25.5 Å². The molecule has 0 aliphatic rings. The molecule has 0 spiro atoms. The molecule has 120 valence electrons. The first-order valence-corrected chi connectivity index (χ1v) is 15.9. The molecule has 21 heavy (non-hydrogen) atoms. The molecule has 0 saturated heterocycles. The molecule has 0 aliphatic carbocycles. The summed E-state index contributed by atoms with van der Waals surface area (Å²) in [5.41, 5.74) is 3.03. The van der Waals surface area contributed by atoms with Crippen molar-refractivity contribution in [2.75, 3.05) is 4.23 Å². The molecule has 0 unspecified atom stereocenters. The second-order valence-corrected chi connectivity index (χ2v) is 19.4. The van der Waals surface area contributed by atoms with Gasteiger partial charge in [-0.15, -0.1) is 0 Å². The molecule has 0 bridgehead atoms. The van der Waals surface area contributed by atoms with Crippen LogP contribution in [0.15, 0.2) is 18.2 Å². The van der Waals surface area contributed by atoms with E-state index in [0.717, 1.165) is 16.8 Å². The van der Waals surface area contributed by atoms with Crippen molar-refractivity contribution in [3.05, 3.63) is 29.3 Å². The molecule has 0 heterocycles. The fourth-order valence-electron chi connectivity index (χ4n) is 2.53. The highest BCUT2D eigenvalue weighted by Crippen LogP contribution is 2.33. The van der Waals surface area contributed by atoms with Crippen LogP contribution in [-0.4, -0.2) is 35.1 Å². The third kappa shape index (κ3) is 4.76. The van der Waals surface area contributed by atoms with Gasteiger partial charge in [0.1, 0.15) is 8.24 Å². The summed E-state index contributed by atoms with van der Waals surface area (Å²) in [5.74, 6) is 0. The Labute approximate surface area is 132 Å². The normalized spacial score (nSPS) is 13.4. The van der Waals surface area contributed by atoms with Gasteiger partial charge in [0.25, 0.3) is 0 Å². The lowest BCUT2D eigenvalue weighted by atomic mass is 10.1. The topological polar surface area (TPSA) is 52.9 Å². The van der Waals surface area contributed by atoms with Crippen LogP contribution in [0, 0.1) is 13.8 Å². The summed E-state index contributed by atoms with van der Waals surface area (Å²) < 4.78 is 7.66. The number of rotatable bonds is 5. The van der Waals surface area contributed by atoms with Crippen LogP contribution in [0.1, 0.15) is 11.1 Å². The summed E-state index contributed by atoms with van der Waals surface area (Å²) in [6.07, 6.45) is 0. The average molecular weight is 344 g/mol. The van der Waals surface area contributed by atoms with Gasteiger partial charge in [-0.1, -0.05) is 37.8 Å². The highest BCUT2D eigenvalue weighted by molar-refractivity contribution is 6.95. The first-order chi connectivity index (χ1) is 9.26. The number of para-hydroxylation sites is 1. The Bertz CT molecular complexity index is 487. The van der Waals surface area contributed by atoms with Crippen LogP contribution in [0.2, 0.25) is 39.3 Å². The minimum absolute atomic E-state index is 0.923. The fourth-order valence-corrected chi connectivity index (χ4v) is 11.8. The van der Waals surface area contributed by atoms with Gasteiger partial charge in [-0.3, -0.25) is 0 Å². The molecule has 7 heteroatoms. The number of hydrogen-bond donors (Lipinski definition) is 2. The molecule has 0 saturated carbocycles. The minimum atomic E-state index is -3.95. The van der Waals surface area contributed by atoms with Crippen molar-refractivity contribution in [3.63, 3.8) is 0 Å². The zero-order valence-corrected chi connectivity index (χ0v) is 17.5. The number of hydrogen-bond acceptors (Lipinski definition) is 4. The van der Waals surface area contributed by atoms with Crippen LogP contribution in [0.4, 0.5) is 5.69 Å². The van der Waals surface area contributed by atoms with E-state index >= 15 is 0 Å². The van der Waals surface area contributed by atoms with Crippen molar-refractivity contribution in [1.29, 1.82) is 0 Å². The van der Waals surface area contributed by atoms with Crippen molar-refractivity contribution in [2.24, 2.45) is 0 Å². The maximum Gasteiger partial charge on any atom is 0.609 e. The predicted octanol–water partition coefficient (Wildman–Crippen LogP) is 3.22. The van der Waals surface area contributed by atoms with Crippen LogP contribution in [0.5, 0.6) is 0 Å². The van der Waals surface area contributed by atoms with E-state index in [4.69, 9.17) is 4.12 Å². The van der Waals surface area contributed by atoms with Gasteiger partial charge in [0.2, 0.25) is 0 Å². The molecule has 1 aromatic carbocycles. The van der Waals surface area contributed by atoms with Crippen LogP contribution in [0.25, 0.3) is 0 Å². The average Bonchev–Trinajstić information content (AvgIpc) is 2.17. The number of anilines is 1. The van der Waals surface area contributed by atoms with E-state index in [0.29, 0.717) is 0 Å². The van der Waals surface area contributed by atoms with Crippen LogP contribution in [-0.2, 0) is 4.12 Å². The Balaban J connectivity index is 3.45. The summed E-state index contributed by atoms with van der Waals surface area (Å²) in [7, 11) is -8.04. The molecular formula is C14H29NO3Si3. The molecule has 0 fully saturated rings. The molecule has 1 rings (SSSR count). The monoisotopic (exact) mass is 343 g/mol. The van der Waals surface area contributed by atoms with Crippen molar-refractivity contribution in [3.8, 4) is 0 Å². The van der Waals surface area contributed by atoms with Gasteiger partial charge < -0.3 is 17.9 Å². The lowest BCUT2D eigenvalue weighted by Gasteiger charge is -2.45. The summed E-state index contributed by atoms with van der Waals surface area (Å²) in [4.78, 5) is 21.6. The molecule has 0 atom stereocenters. The van der Waals surface area contributed by atoms with Crippen molar-refractivity contribution < 1.29 is 13.7 Å². The van der Waals surface area contributed by atoms with Crippen molar-refractivity contribution in [1.82, 2.24) is 0 Å². The summed E-state index contributed by atoms with van der Waals surface area (Å²) in [5, 5.41) is 0. The van der Waals surface area contributed by atoms with Crippen LogP contribution >= 0.6 is 0 Å². The Kier molecular flexibility index (Phi) is 5.29. The SMILES string of the molecule is Cc1cccc(C)c1N([Si](C)(C)C)[Si](O)(O)O[Si](C)(C)C. The maximum atomic E-state index is 10.8. The minimum Gasteiger partial charge on any atom is -0.400 e. The van der Waals surface area contributed by atoms with Gasteiger partial charge in [0, 0.05) is 5.69 Å². The first-order valence-electron chi connectivity index (χ1n) is 7.27. The first kappa shape index (κ1) is 18.6.